The average Bonchev–Trinajstić information content (AvgIpc) is 3.80. The highest BCUT2D eigenvalue weighted by Crippen LogP contribution is 2.36. The fourth-order valence-electron chi connectivity index (χ4n) is 7.08. The molecule has 2 heterocycles. The predicted octanol–water partition coefficient (Wildman–Crippen LogP) is 13.3. The number of rotatable bonds is 36. The third-order valence-electron chi connectivity index (χ3n) is 10.5. The summed E-state index contributed by atoms with van der Waals surface area (Å²) in [5.74, 6) is -0.390. The van der Waals surface area contributed by atoms with Gasteiger partial charge in [0.15, 0.2) is 5.79 Å². The minimum atomic E-state index is -0.390. The van der Waals surface area contributed by atoms with Crippen LogP contribution in [0.15, 0.2) is 54.8 Å². The van der Waals surface area contributed by atoms with Crippen molar-refractivity contribution >= 4 is 0 Å². The van der Waals surface area contributed by atoms with Crippen LogP contribution in [0.25, 0.3) is 0 Å². The maximum Gasteiger partial charge on any atom is 0.168 e. The summed E-state index contributed by atoms with van der Waals surface area (Å²) < 4.78 is 15.3. The van der Waals surface area contributed by atoms with Crippen molar-refractivity contribution in [2.24, 2.45) is 0 Å². The number of ether oxygens (including phenoxy) is 2. The molecular formula is C47H84N4O2. The third-order valence-corrected chi connectivity index (χ3v) is 10.5. The number of likely N-dealkylation sites (N-methyl/N-ethyl adjacent to an activating group) is 1. The molecule has 6 heteroatoms. The quantitative estimate of drug-likeness (QED) is 0.0507. The SMILES string of the molecule is CCCCC/C=C\C/C=C\CCCCCCCCC1(CCCCCCCC/C=C\C/C=C\CCCCC)OCC(CCc2cn(CCN(C)C)nn2)O1. The molecule has 2 rings (SSSR count). The van der Waals surface area contributed by atoms with Crippen LogP contribution in [0.3, 0.4) is 0 Å². The summed E-state index contributed by atoms with van der Waals surface area (Å²) in [4.78, 5) is 2.18. The van der Waals surface area contributed by atoms with Crippen LogP contribution in [-0.2, 0) is 22.4 Å². The van der Waals surface area contributed by atoms with E-state index < -0.39 is 5.79 Å². The number of aromatic nitrogens is 3. The molecule has 1 aliphatic heterocycles. The first-order chi connectivity index (χ1) is 26.1. The normalized spacial score (nSPS) is 16.3. The van der Waals surface area contributed by atoms with Crippen molar-refractivity contribution in [1.29, 1.82) is 0 Å². The molecule has 1 saturated heterocycles. The maximum absolute atomic E-state index is 6.80. The molecule has 0 N–H and O–H groups in total. The van der Waals surface area contributed by atoms with Crippen molar-refractivity contribution in [2.75, 3.05) is 27.2 Å². The molecule has 304 valence electrons. The maximum atomic E-state index is 6.80. The minimum Gasteiger partial charge on any atom is -0.347 e. The molecule has 0 saturated carbocycles. The molecule has 1 aromatic rings. The van der Waals surface area contributed by atoms with Gasteiger partial charge < -0.3 is 14.4 Å². The number of nitrogens with zero attached hydrogens (tertiary/aromatic N) is 4. The highest BCUT2D eigenvalue weighted by Gasteiger charge is 2.40. The van der Waals surface area contributed by atoms with E-state index in [0.29, 0.717) is 6.61 Å². The molecule has 0 radical (unpaired) electrons. The van der Waals surface area contributed by atoms with Crippen molar-refractivity contribution in [2.45, 2.75) is 212 Å². The molecule has 0 amide bonds. The molecule has 53 heavy (non-hydrogen) atoms. The Labute approximate surface area is 328 Å². The Hall–Kier alpha value is -2.02. The van der Waals surface area contributed by atoms with E-state index in [2.05, 4.69) is 98.0 Å². The van der Waals surface area contributed by atoms with E-state index in [-0.39, 0.29) is 6.10 Å². The van der Waals surface area contributed by atoms with Crippen molar-refractivity contribution in [3.63, 3.8) is 0 Å². The lowest BCUT2D eigenvalue weighted by atomic mass is 9.98. The lowest BCUT2D eigenvalue weighted by molar-refractivity contribution is -0.179. The van der Waals surface area contributed by atoms with Gasteiger partial charge in [0.05, 0.1) is 24.9 Å². The molecule has 1 atom stereocenters. The zero-order valence-corrected chi connectivity index (χ0v) is 35.3. The van der Waals surface area contributed by atoms with Crippen LogP contribution in [0.1, 0.15) is 193 Å². The number of aryl methyl sites for hydroxylation is 1. The largest absolute Gasteiger partial charge is 0.347 e. The molecule has 6 nitrogen and oxygen atoms in total. The first kappa shape index (κ1) is 47.1. The van der Waals surface area contributed by atoms with Crippen molar-refractivity contribution < 1.29 is 9.47 Å². The van der Waals surface area contributed by atoms with Crippen LogP contribution >= 0.6 is 0 Å². The third kappa shape index (κ3) is 26.4. The Bertz CT molecular complexity index is 1030. The smallest absolute Gasteiger partial charge is 0.168 e. The van der Waals surface area contributed by atoms with Crippen LogP contribution in [-0.4, -0.2) is 59.0 Å². The first-order valence-electron chi connectivity index (χ1n) is 22.5. The second-order valence-electron chi connectivity index (χ2n) is 15.9. The Kier molecular flexibility index (Phi) is 29.6. The van der Waals surface area contributed by atoms with Crippen LogP contribution < -0.4 is 0 Å². The molecule has 1 aromatic heterocycles. The van der Waals surface area contributed by atoms with Crippen LogP contribution in [0.2, 0.25) is 0 Å². The molecule has 1 aliphatic rings. The fraction of sp³-hybridized carbons (Fsp3) is 0.787. The van der Waals surface area contributed by atoms with Gasteiger partial charge in [-0.3, -0.25) is 4.68 Å². The number of hydrogen-bond acceptors (Lipinski definition) is 5. The fourth-order valence-corrected chi connectivity index (χ4v) is 7.08. The van der Waals surface area contributed by atoms with Gasteiger partial charge in [-0.15, -0.1) is 5.10 Å². The van der Waals surface area contributed by atoms with Gasteiger partial charge >= 0.3 is 0 Å². The van der Waals surface area contributed by atoms with Gasteiger partial charge in [-0.1, -0.05) is 145 Å². The van der Waals surface area contributed by atoms with E-state index in [1.807, 2.05) is 4.68 Å². The van der Waals surface area contributed by atoms with Crippen LogP contribution in [0.4, 0.5) is 0 Å². The standard InChI is InChI=1S/C47H84N4O2/c1-5-7-9-11-13-15-17-19-21-23-25-27-29-31-33-35-39-47(40-36-34-32-30-28-26-24-22-20-18-16-14-12-10-8-6-2)52-44-46(53-47)38-37-45-43-51(49-48-45)42-41-50(3)4/h13-16,19-22,43,46H,5-12,17-18,23-42,44H2,1-4H3/b15-13-,16-14-,21-19-,22-20-. The van der Waals surface area contributed by atoms with E-state index in [9.17, 15) is 0 Å². The number of allylic oxidation sites excluding steroid dienone is 8. The van der Waals surface area contributed by atoms with E-state index in [1.165, 1.54) is 141 Å². The molecule has 0 aliphatic carbocycles. The zero-order chi connectivity index (χ0) is 37.9. The van der Waals surface area contributed by atoms with Crippen LogP contribution in [0, 0.1) is 0 Å². The van der Waals surface area contributed by atoms with Gasteiger partial charge in [0.25, 0.3) is 0 Å². The lowest BCUT2D eigenvalue weighted by Gasteiger charge is -2.28. The van der Waals surface area contributed by atoms with Crippen molar-refractivity contribution in [1.82, 2.24) is 19.9 Å². The Balaban J connectivity index is 1.65. The topological polar surface area (TPSA) is 52.4 Å². The number of hydrogen-bond donors (Lipinski definition) is 0. The van der Waals surface area contributed by atoms with Gasteiger partial charge in [0.2, 0.25) is 0 Å². The summed E-state index contributed by atoms with van der Waals surface area (Å²) in [5.41, 5.74) is 1.06. The second-order valence-corrected chi connectivity index (χ2v) is 15.9. The summed E-state index contributed by atoms with van der Waals surface area (Å²) in [5, 5.41) is 8.76. The summed E-state index contributed by atoms with van der Waals surface area (Å²) >= 11 is 0. The van der Waals surface area contributed by atoms with Gasteiger partial charge in [-0.2, -0.15) is 0 Å². The Morgan fingerprint density at radius 3 is 1.62 bits per heavy atom. The molecule has 1 unspecified atom stereocenters. The summed E-state index contributed by atoms with van der Waals surface area (Å²) in [6.45, 7) is 7.08. The Morgan fingerprint density at radius 2 is 1.13 bits per heavy atom. The molecule has 1 fully saturated rings. The zero-order valence-electron chi connectivity index (χ0n) is 35.3. The molecule has 0 aromatic carbocycles. The first-order valence-corrected chi connectivity index (χ1v) is 22.5. The monoisotopic (exact) mass is 737 g/mol. The van der Waals surface area contributed by atoms with E-state index in [0.717, 1.165) is 57.3 Å². The van der Waals surface area contributed by atoms with E-state index in [4.69, 9.17) is 9.47 Å². The van der Waals surface area contributed by atoms with Crippen LogP contribution in [0.5, 0.6) is 0 Å². The minimum absolute atomic E-state index is 0.149. The summed E-state index contributed by atoms with van der Waals surface area (Å²) in [6, 6.07) is 0. The van der Waals surface area contributed by atoms with E-state index >= 15 is 0 Å². The summed E-state index contributed by atoms with van der Waals surface area (Å²) in [6.07, 6.45) is 55.6. The Morgan fingerprint density at radius 1 is 0.660 bits per heavy atom. The van der Waals surface area contributed by atoms with Crippen molar-refractivity contribution in [3.8, 4) is 0 Å². The van der Waals surface area contributed by atoms with Gasteiger partial charge in [0, 0.05) is 25.6 Å². The number of unbranched alkanes of at least 4 members (excludes halogenated alkanes) is 18. The predicted molar refractivity (Wildman–Crippen MR) is 228 cm³/mol. The lowest BCUT2D eigenvalue weighted by Crippen LogP contribution is -2.31. The van der Waals surface area contributed by atoms with Gasteiger partial charge in [-0.25, -0.2) is 0 Å². The molecule has 0 bridgehead atoms. The van der Waals surface area contributed by atoms with Crippen molar-refractivity contribution in [3.05, 3.63) is 60.5 Å². The second kappa shape index (κ2) is 33.3. The average molecular weight is 737 g/mol. The van der Waals surface area contributed by atoms with Gasteiger partial charge in [0.1, 0.15) is 0 Å². The highest BCUT2D eigenvalue weighted by atomic mass is 16.7. The molecule has 0 spiro atoms. The summed E-state index contributed by atoms with van der Waals surface area (Å²) in [7, 11) is 4.18. The highest BCUT2D eigenvalue weighted by molar-refractivity contribution is 4.95. The molecular weight excluding hydrogens is 653 g/mol. The van der Waals surface area contributed by atoms with E-state index in [1.54, 1.807) is 0 Å². The van der Waals surface area contributed by atoms with Gasteiger partial charge in [-0.05, 0) is 104 Å².